The van der Waals surface area contributed by atoms with Gasteiger partial charge in [0.1, 0.15) is 17.2 Å². The molecule has 0 saturated carbocycles. The molecular formula is C20H20N2O5. The molecule has 0 unspecified atom stereocenters. The standard InChI is InChI=1S/C20H20N2O5/c1-25-15-5-4-12-6-14(20(24)22-18(12)10-15)11-21-19(23)13-7-16(26-2)9-17(8-13)27-3/h4-10H,11H2,1-3H3,(H,21,23)(H,22,24). The molecule has 0 aliphatic carbocycles. The Morgan fingerprint density at radius 3 is 2.22 bits per heavy atom. The lowest BCUT2D eigenvalue weighted by Gasteiger charge is -2.10. The first-order valence-corrected chi connectivity index (χ1v) is 8.25. The molecule has 7 nitrogen and oxygen atoms in total. The third-order valence-corrected chi connectivity index (χ3v) is 4.18. The smallest absolute Gasteiger partial charge is 0.253 e. The Labute approximate surface area is 155 Å². The van der Waals surface area contributed by atoms with Gasteiger partial charge in [-0.05, 0) is 35.7 Å². The van der Waals surface area contributed by atoms with Crippen molar-refractivity contribution in [3.63, 3.8) is 0 Å². The van der Waals surface area contributed by atoms with E-state index in [1.165, 1.54) is 14.2 Å². The van der Waals surface area contributed by atoms with E-state index >= 15 is 0 Å². The van der Waals surface area contributed by atoms with Gasteiger partial charge in [0.05, 0.1) is 26.8 Å². The Bertz CT molecular complexity index is 1020. The highest BCUT2D eigenvalue weighted by Crippen LogP contribution is 2.22. The monoisotopic (exact) mass is 368 g/mol. The number of ether oxygens (including phenoxy) is 3. The van der Waals surface area contributed by atoms with Crippen LogP contribution in [0.1, 0.15) is 15.9 Å². The second-order valence-corrected chi connectivity index (χ2v) is 5.86. The molecule has 2 aromatic carbocycles. The van der Waals surface area contributed by atoms with E-state index in [0.717, 1.165) is 5.39 Å². The molecule has 0 spiro atoms. The van der Waals surface area contributed by atoms with E-state index < -0.39 is 0 Å². The zero-order chi connectivity index (χ0) is 19.4. The summed E-state index contributed by atoms with van der Waals surface area (Å²) in [7, 11) is 4.59. The Balaban J connectivity index is 1.81. The van der Waals surface area contributed by atoms with Crippen molar-refractivity contribution in [3.8, 4) is 17.2 Å². The number of fused-ring (bicyclic) bond motifs is 1. The highest BCUT2D eigenvalue weighted by molar-refractivity contribution is 5.95. The van der Waals surface area contributed by atoms with Crippen molar-refractivity contribution in [2.45, 2.75) is 6.54 Å². The van der Waals surface area contributed by atoms with E-state index in [1.807, 2.05) is 12.1 Å². The summed E-state index contributed by atoms with van der Waals surface area (Å²) in [4.78, 5) is 27.6. The Morgan fingerprint density at radius 1 is 0.926 bits per heavy atom. The quantitative estimate of drug-likeness (QED) is 0.698. The molecule has 3 aromatic rings. The van der Waals surface area contributed by atoms with Crippen LogP contribution in [0.15, 0.2) is 47.3 Å². The number of carbonyl (C=O) groups is 1. The average molecular weight is 368 g/mol. The van der Waals surface area contributed by atoms with E-state index in [0.29, 0.717) is 33.9 Å². The van der Waals surface area contributed by atoms with Crippen LogP contribution >= 0.6 is 0 Å². The first-order valence-electron chi connectivity index (χ1n) is 8.25. The van der Waals surface area contributed by atoms with Crippen LogP contribution in [-0.2, 0) is 6.54 Å². The number of carbonyl (C=O) groups excluding carboxylic acids is 1. The predicted octanol–water partition coefficient (Wildman–Crippen LogP) is 2.48. The molecule has 1 amide bonds. The maximum absolute atomic E-state index is 12.5. The minimum absolute atomic E-state index is 0.0929. The van der Waals surface area contributed by atoms with Crippen LogP contribution in [0.25, 0.3) is 10.9 Å². The first-order chi connectivity index (χ1) is 13.0. The van der Waals surface area contributed by atoms with Crippen LogP contribution in [0.3, 0.4) is 0 Å². The molecule has 0 aliphatic rings. The fraction of sp³-hybridized carbons (Fsp3) is 0.200. The lowest BCUT2D eigenvalue weighted by molar-refractivity contribution is 0.0950. The van der Waals surface area contributed by atoms with Crippen molar-refractivity contribution < 1.29 is 19.0 Å². The van der Waals surface area contributed by atoms with Crippen molar-refractivity contribution >= 4 is 16.8 Å². The average Bonchev–Trinajstić information content (AvgIpc) is 2.70. The van der Waals surface area contributed by atoms with Gasteiger partial charge in [0.2, 0.25) is 0 Å². The lowest BCUT2D eigenvalue weighted by Crippen LogP contribution is -2.26. The molecule has 1 aromatic heterocycles. The molecule has 0 fully saturated rings. The number of H-pyrrole nitrogens is 1. The maximum Gasteiger partial charge on any atom is 0.253 e. The molecular weight excluding hydrogens is 348 g/mol. The number of benzene rings is 2. The molecule has 0 saturated heterocycles. The summed E-state index contributed by atoms with van der Waals surface area (Å²) in [5.74, 6) is 1.35. The summed E-state index contributed by atoms with van der Waals surface area (Å²) in [6.45, 7) is 0.0929. The van der Waals surface area contributed by atoms with Gasteiger partial charge in [-0.3, -0.25) is 9.59 Å². The van der Waals surface area contributed by atoms with Crippen LogP contribution < -0.4 is 25.1 Å². The molecule has 0 bridgehead atoms. The number of nitrogens with one attached hydrogen (secondary N) is 2. The number of rotatable bonds is 6. The summed E-state index contributed by atoms with van der Waals surface area (Å²) in [6, 6.07) is 12.1. The second kappa shape index (κ2) is 7.82. The first kappa shape index (κ1) is 18.3. The van der Waals surface area contributed by atoms with Crippen LogP contribution in [0, 0.1) is 0 Å². The number of amides is 1. The fourth-order valence-electron chi connectivity index (χ4n) is 2.70. The number of methoxy groups -OCH3 is 3. The van der Waals surface area contributed by atoms with Crippen molar-refractivity contribution in [1.82, 2.24) is 10.3 Å². The topological polar surface area (TPSA) is 89.7 Å². The number of hydrogen-bond acceptors (Lipinski definition) is 5. The minimum Gasteiger partial charge on any atom is -0.497 e. The molecule has 27 heavy (non-hydrogen) atoms. The van der Waals surface area contributed by atoms with Crippen molar-refractivity contribution in [1.29, 1.82) is 0 Å². The number of aromatic nitrogens is 1. The number of hydrogen-bond donors (Lipinski definition) is 2. The predicted molar refractivity (Wildman–Crippen MR) is 102 cm³/mol. The van der Waals surface area contributed by atoms with E-state index in [-0.39, 0.29) is 18.0 Å². The Hall–Kier alpha value is -3.48. The maximum atomic E-state index is 12.5. The third kappa shape index (κ3) is 4.03. The van der Waals surface area contributed by atoms with Crippen LogP contribution in [0.5, 0.6) is 17.2 Å². The zero-order valence-corrected chi connectivity index (χ0v) is 15.3. The molecule has 140 valence electrons. The van der Waals surface area contributed by atoms with Gasteiger partial charge in [0, 0.05) is 29.8 Å². The van der Waals surface area contributed by atoms with Crippen molar-refractivity contribution in [2.75, 3.05) is 21.3 Å². The Kier molecular flexibility index (Phi) is 5.30. The van der Waals surface area contributed by atoms with Crippen molar-refractivity contribution in [3.05, 3.63) is 63.9 Å². The SMILES string of the molecule is COc1cc(OC)cc(C(=O)NCc2cc3ccc(OC)cc3[nH]c2=O)c1. The lowest BCUT2D eigenvalue weighted by atomic mass is 10.1. The van der Waals surface area contributed by atoms with Crippen LogP contribution in [0.4, 0.5) is 0 Å². The van der Waals surface area contributed by atoms with E-state index in [2.05, 4.69) is 10.3 Å². The van der Waals surface area contributed by atoms with Gasteiger partial charge in [0.25, 0.3) is 11.5 Å². The zero-order valence-electron chi connectivity index (χ0n) is 15.3. The van der Waals surface area contributed by atoms with Gasteiger partial charge in [0.15, 0.2) is 0 Å². The number of pyridine rings is 1. The molecule has 1 heterocycles. The summed E-state index contributed by atoms with van der Waals surface area (Å²) < 4.78 is 15.5. The van der Waals surface area contributed by atoms with Crippen LogP contribution in [0.2, 0.25) is 0 Å². The molecule has 3 rings (SSSR count). The fourth-order valence-corrected chi connectivity index (χ4v) is 2.70. The van der Waals surface area contributed by atoms with Gasteiger partial charge in [-0.15, -0.1) is 0 Å². The van der Waals surface area contributed by atoms with Gasteiger partial charge in [-0.1, -0.05) is 0 Å². The minimum atomic E-state index is -0.332. The molecule has 0 radical (unpaired) electrons. The van der Waals surface area contributed by atoms with E-state index in [4.69, 9.17) is 14.2 Å². The Morgan fingerprint density at radius 2 is 1.59 bits per heavy atom. The molecule has 0 atom stereocenters. The van der Waals surface area contributed by atoms with Gasteiger partial charge in [-0.2, -0.15) is 0 Å². The third-order valence-electron chi connectivity index (χ3n) is 4.18. The van der Waals surface area contributed by atoms with Gasteiger partial charge >= 0.3 is 0 Å². The second-order valence-electron chi connectivity index (χ2n) is 5.86. The highest BCUT2D eigenvalue weighted by Gasteiger charge is 2.11. The van der Waals surface area contributed by atoms with Crippen molar-refractivity contribution in [2.24, 2.45) is 0 Å². The van der Waals surface area contributed by atoms with E-state index in [9.17, 15) is 9.59 Å². The summed E-state index contributed by atoms with van der Waals surface area (Å²) in [5, 5.41) is 3.60. The van der Waals surface area contributed by atoms with E-state index in [1.54, 1.807) is 37.4 Å². The largest absolute Gasteiger partial charge is 0.497 e. The summed E-state index contributed by atoms with van der Waals surface area (Å²) >= 11 is 0. The molecule has 0 aliphatic heterocycles. The summed E-state index contributed by atoms with van der Waals surface area (Å²) in [5.41, 5.74) is 1.25. The molecule has 2 N–H and O–H groups in total. The molecule has 7 heteroatoms. The normalized spacial score (nSPS) is 10.5. The van der Waals surface area contributed by atoms with Gasteiger partial charge < -0.3 is 24.5 Å². The highest BCUT2D eigenvalue weighted by atomic mass is 16.5. The summed E-state index contributed by atoms with van der Waals surface area (Å²) in [6.07, 6.45) is 0. The van der Waals surface area contributed by atoms with Crippen LogP contribution in [-0.4, -0.2) is 32.2 Å². The van der Waals surface area contributed by atoms with Gasteiger partial charge in [-0.25, -0.2) is 0 Å². The number of aromatic amines is 1.